The normalized spacial score (nSPS) is 11.3. The minimum absolute atomic E-state index is 0.752. The summed E-state index contributed by atoms with van der Waals surface area (Å²) in [4.78, 5) is 7.87. The van der Waals surface area contributed by atoms with Crippen LogP contribution in [0.3, 0.4) is 0 Å². The van der Waals surface area contributed by atoms with E-state index in [0.29, 0.717) is 0 Å². The van der Waals surface area contributed by atoms with Gasteiger partial charge >= 0.3 is 0 Å². The van der Waals surface area contributed by atoms with Crippen molar-refractivity contribution in [2.24, 2.45) is 4.99 Å². The number of methoxy groups -OCH3 is 2. The number of aliphatic imine (C=N–C) groups is 1. The molecule has 0 saturated carbocycles. The SMILES string of the molecule is CN=C(NCCc1ccc(Br)s1)N(C)CCc1ccc(OC)c(OC)c1. The van der Waals surface area contributed by atoms with Crippen LogP contribution in [-0.2, 0) is 12.8 Å². The quantitative estimate of drug-likeness (QED) is 0.501. The van der Waals surface area contributed by atoms with Crippen LogP contribution in [0.15, 0.2) is 39.1 Å². The Kier molecular flexibility index (Phi) is 8.25. The van der Waals surface area contributed by atoms with Gasteiger partial charge in [-0.25, -0.2) is 0 Å². The molecule has 7 heteroatoms. The van der Waals surface area contributed by atoms with Gasteiger partial charge in [0.1, 0.15) is 0 Å². The molecule has 2 rings (SSSR count). The van der Waals surface area contributed by atoms with Gasteiger partial charge in [-0.05, 0) is 58.6 Å². The number of hydrogen-bond donors (Lipinski definition) is 1. The summed E-state index contributed by atoms with van der Waals surface area (Å²) >= 11 is 5.27. The van der Waals surface area contributed by atoms with E-state index in [1.54, 1.807) is 25.6 Å². The molecular formula is C19H26BrN3O2S. The average Bonchev–Trinajstić information content (AvgIpc) is 3.08. The first-order valence-electron chi connectivity index (χ1n) is 8.44. The smallest absolute Gasteiger partial charge is 0.193 e. The number of thiophene rings is 1. The molecule has 0 radical (unpaired) electrons. The van der Waals surface area contributed by atoms with E-state index in [0.717, 1.165) is 43.4 Å². The fourth-order valence-electron chi connectivity index (χ4n) is 2.61. The lowest BCUT2D eigenvalue weighted by Crippen LogP contribution is -2.40. The van der Waals surface area contributed by atoms with E-state index in [1.807, 2.05) is 19.2 Å². The summed E-state index contributed by atoms with van der Waals surface area (Å²) in [5.41, 5.74) is 1.20. The lowest BCUT2D eigenvalue weighted by atomic mass is 10.1. The number of benzene rings is 1. The Morgan fingerprint density at radius 1 is 1.15 bits per heavy atom. The molecule has 5 nitrogen and oxygen atoms in total. The minimum Gasteiger partial charge on any atom is -0.493 e. The van der Waals surface area contributed by atoms with Gasteiger partial charge in [0.05, 0.1) is 18.0 Å². The van der Waals surface area contributed by atoms with Gasteiger partial charge in [0, 0.05) is 32.1 Å². The molecule has 0 aliphatic rings. The van der Waals surface area contributed by atoms with E-state index in [2.05, 4.69) is 56.4 Å². The Morgan fingerprint density at radius 2 is 1.92 bits per heavy atom. The third kappa shape index (κ3) is 5.92. The third-order valence-electron chi connectivity index (χ3n) is 4.04. The van der Waals surface area contributed by atoms with Crippen LogP contribution in [0.4, 0.5) is 0 Å². The Hall–Kier alpha value is -1.73. The maximum Gasteiger partial charge on any atom is 0.193 e. The highest BCUT2D eigenvalue weighted by Gasteiger charge is 2.08. The average molecular weight is 440 g/mol. The van der Waals surface area contributed by atoms with Crippen LogP contribution < -0.4 is 14.8 Å². The van der Waals surface area contributed by atoms with Gasteiger partial charge in [-0.1, -0.05) is 6.07 Å². The van der Waals surface area contributed by atoms with Crippen molar-refractivity contribution in [2.45, 2.75) is 12.8 Å². The number of nitrogens with one attached hydrogen (secondary N) is 1. The number of likely N-dealkylation sites (N-methyl/N-ethyl adjacent to an activating group) is 1. The first-order valence-corrected chi connectivity index (χ1v) is 10.0. The van der Waals surface area contributed by atoms with E-state index in [9.17, 15) is 0 Å². The van der Waals surface area contributed by atoms with Crippen LogP contribution in [0, 0.1) is 0 Å². The van der Waals surface area contributed by atoms with Crippen LogP contribution in [0.1, 0.15) is 10.4 Å². The van der Waals surface area contributed by atoms with Gasteiger partial charge in [0.2, 0.25) is 0 Å². The first-order chi connectivity index (χ1) is 12.6. The molecule has 2 aromatic rings. The Morgan fingerprint density at radius 3 is 2.54 bits per heavy atom. The first kappa shape index (κ1) is 20.6. The maximum absolute atomic E-state index is 5.37. The highest BCUT2D eigenvalue weighted by molar-refractivity contribution is 9.11. The topological polar surface area (TPSA) is 46.1 Å². The molecule has 0 atom stereocenters. The third-order valence-corrected chi connectivity index (χ3v) is 5.72. The van der Waals surface area contributed by atoms with Crippen LogP contribution in [0.25, 0.3) is 0 Å². The summed E-state index contributed by atoms with van der Waals surface area (Å²) in [7, 11) is 7.18. The van der Waals surface area contributed by atoms with Crippen molar-refractivity contribution in [2.75, 3.05) is 41.4 Å². The fourth-order valence-corrected chi connectivity index (χ4v) is 4.09. The number of rotatable bonds is 8. The number of halogens is 1. The largest absolute Gasteiger partial charge is 0.493 e. The summed E-state index contributed by atoms with van der Waals surface area (Å²) in [6.45, 7) is 1.72. The number of nitrogens with zero attached hydrogens (tertiary/aromatic N) is 2. The van der Waals surface area contributed by atoms with Crippen LogP contribution in [0.2, 0.25) is 0 Å². The van der Waals surface area contributed by atoms with E-state index < -0.39 is 0 Å². The van der Waals surface area contributed by atoms with Gasteiger partial charge in [-0.2, -0.15) is 0 Å². The van der Waals surface area contributed by atoms with E-state index in [-0.39, 0.29) is 0 Å². The zero-order chi connectivity index (χ0) is 18.9. The molecule has 142 valence electrons. The molecule has 0 saturated heterocycles. The lowest BCUT2D eigenvalue weighted by Gasteiger charge is -2.22. The standard InChI is InChI=1S/C19H26BrN3O2S/c1-21-19(22-11-9-15-6-8-18(20)26-15)23(2)12-10-14-5-7-16(24-3)17(13-14)25-4/h5-8,13H,9-12H2,1-4H3,(H,21,22). The van der Waals surface area contributed by atoms with Gasteiger partial charge in [0.15, 0.2) is 17.5 Å². The zero-order valence-electron chi connectivity index (χ0n) is 15.7. The molecular weight excluding hydrogens is 414 g/mol. The number of ether oxygens (including phenoxy) is 2. The van der Waals surface area contributed by atoms with E-state index in [1.165, 1.54) is 14.2 Å². The van der Waals surface area contributed by atoms with E-state index >= 15 is 0 Å². The molecule has 0 aliphatic carbocycles. The molecule has 0 spiro atoms. The van der Waals surface area contributed by atoms with Crippen molar-refractivity contribution >= 4 is 33.2 Å². The summed E-state index contributed by atoms with van der Waals surface area (Å²) in [6.07, 6.45) is 1.88. The lowest BCUT2D eigenvalue weighted by molar-refractivity contribution is 0.354. The second-order valence-electron chi connectivity index (χ2n) is 5.79. The highest BCUT2D eigenvalue weighted by Crippen LogP contribution is 2.27. The molecule has 0 fully saturated rings. The Labute approximate surface area is 168 Å². The predicted octanol–water partition coefficient (Wildman–Crippen LogP) is 3.82. The molecule has 1 aromatic heterocycles. The van der Waals surface area contributed by atoms with Crippen molar-refractivity contribution in [1.29, 1.82) is 0 Å². The van der Waals surface area contributed by atoms with Crippen LogP contribution in [0.5, 0.6) is 11.5 Å². The van der Waals surface area contributed by atoms with E-state index in [4.69, 9.17) is 9.47 Å². The van der Waals surface area contributed by atoms with Crippen LogP contribution >= 0.6 is 27.3 Å². The minimum atomic E-state index is 0.752. The molecule has 1 aromatic carbocycles. The van der Waals surface area contributed by atoms with Crippen molar-refractivity contribution in [3.8, 4) is 11.5 Å². The second kappa shape index (κ2) is 10.4. The molecule has 0 bridgehead atoms. The molecule has 1 N–H and O–H groups in total. The summed E-state index contributed by atoms with van der Waals surface area (Å²) in [5, 5.41) is 3.43. The monoisotopic (exact) mass is 439 g/mol. The maximum atomic E-state index is 5.37. The van der Waals surface area contributed by atoms with Crippen molar-refractivity contribution in [3.63, 3.8) is 0 Å². The molecule has 0 aliphatic heterocycles. The molecule has 1 heterocycles. The molecule has 0 unspecified atom stereocenters. The van der Waals surface area contributed by atoms with Crippen molar-refractivity contribution in [3.05, 3.63) is 44.6 Å². The highest BCUT2D eigenvalue weighted by atomic mass is 79.9. The van der Waals surface area contributed by atoms with Gasteiger partial charge in [-0.3, -0.25) is 4.99 Å². The summed E-state index contributed by atoms with van der Waals surface area (Å²) in [6, 6.07) is 10.3. The summed E-state index contributed by atoms with van der Waals surface area (Å²) in [5.74, 6) is 2.42. The van der Waals surface area contributed by atoms with Crippen molar-refractivity contribution < 1.29 is 9.47 Å². The number of guanidine groups is 1. The summed E-state index contributed by atoms with van der Waals surface area (Å²) < 4.78 is 11.8. The number of hydrogen-bond acceptors (Lipinski definition) is 4. The second-order valence-corrected chi connectivity index (χ2v) is 8.34. The predicted molar refractivity (Wildman–Crippen MR) is 113 cm³/mol. The van der Waals surface area contributed by atoms with Crippen LogP contribution in [-0.4, -0.2) is 52.3 Å². The Balaban J connectivity index is 1.83. The van der Waals surface area contributed by atoms with Crippen molar-refractivity contribution in [1.82, 2.24) is 10.2 Å². The fraction of sp³-hybridized carbons (Fsp3) is 0.421. The van der Waals surface area contributed by atoms with Gasteiger partial charge < -0.3 is 19.7 Å². The van der Waals surface area contributed by atoms with Gasteiger partial charge in [-0.15, -0.1) is 11.3 Å². The van der Waals surface area contributed by atoms with Gasteiger partial charge in [0.25, 0.3) is 0 Å². The Bertz CT molecular complexity index is 733. The zero-order valence-corrected chi connectivity index (χ0v) is 18.1. The molecule has 0 amide bonds. The molecule has 26 heavy (non-hydrogen) atoms.